The van der Waals surface area contributed by atoms with E-state index in [1.165, 1.54) is 77.3 Å². The fourth-order valence-corrected chi connectivity index (χ4v) is 4.98. The van der Waals surface area contributed by atoms with Crippen LogP contribution in [0.4, 0.5) is 4.79 Å². The smallest absolute Gasteiger partial charge is 0.317 e. The van der Waals surface area contributed by atoms with Crippen molar-refractivity contribution < 1.29 is 4.79 Å². The van der Waals surface area contributed by atoms with E-state index in [0.29, 0.717) is 12.1 Å². The minimum Gasteiger partial charge on any atom is -0.335 e. The van der Waals surface area contributed by atoms with Crippen molar-refractivity contribution in [2.45, 2.75) is 88.8 Å². The Morgan fingerprint density at radius 3 is 2.57 bits per heavy atom. The average molecular weight is 319 g/mol. The molecule has 4 nitrogen and oxygen atoms in total. The van der Waals surface area contributed by atoms with Crippen LogP contribution in [0.1, 0.15) is 70.6 Å². The second-order valence-corrected chi connectivity index (χ2v) is 8.39. The van der Waals surface area contributed by atoms with Crippen molar-refractivity contribution in [2.75, 3.05) is 19.6 Å². The van der Waals surface area contributed by atoms with Gasteiger partial charge in [0.1, 0.15) is 0 Å². The number of fused-ring (bicyclic) bond motifs is 1. The zero-order valence-corrected chi connectivity index (χ0v) is 14.5. The molecule has 2 atom stereocenters. The maximum absolute atomic E-state index is 13.0. The van der Waals surface area contributed by atoms with Gasteiger partial charge in [-0.1, -0.05) is 19.3 Å². The minimum atomic E-state index is 0.250. The molecule has 2 amide bonds. The van der Waals surface area contributed by atoms with Gasteiger partial charge in [-0.3, -0.25) is 0 Å². The summed E-state index contributed by atoms with van der Waals surface area (Å²) in [5, 5.41) is 3.42. The second-order valence-electron chi connectivity index (χ2n) is 8.39. The maximum atomic E-state index is 13.0. The third-order valence-electron chi connectivity index (χ3n) is 6.58. The van der Waals surface area contributed by atoms with Gasteiger partial charge in [0.05, 0.1) is 0 Å². The summed E-state index contributed by atoms with van der Waals surface area (Å²) in [6.45, 7) is 3.47. The van der Waals surface area contributed by atoms with Gasteiger partial charge in [-0.05, 0) is 63.8 Å². The van der Waals surface area contributed by atoms with Crippen LogP contribution in [0.3, 0.4) is 0 Å². The Morgan fingerprint density at radius 2 is 1.78 bits per heavy atom. The molecular weight excluding hydrogens is 286 g/mol. The molecule has 4 heteroatoms. The summed E-state index contributed by atoms with van der Waals surface area (Å²) in [5.41, 5.74) is 0. The number of carbonyl (C=O) groups excluding carboxylic acids is 1. The number of nitrogens with zero attached hydrogens (tertiary/aromatic N) is 2. The van der Waals surface area contributed by atoms with Gasteiger partial charge in [-0.15, -0.1) is 0 Å². The highest BCUT2D eigenvalue weighted by atomic mass is 16.2. The Labute approximate surface area is 141 Å². The molecule has 0 aromatic rings. The Balaban J connectivity index is 1.34. The Morgan fingerprint density at radius 1 is 0.957 bits per heavy atom. The summed E-state index contributed by atoms with van der Waals surface area (Å²) in [6.07, 6.45) is 14.1. The van der Waals surface area contributed by atoms with Crippen LogP contribution in [0.25, 0.3) is 0 Å². The lowest BCUT2D eigenvalue weighted by Crippen LogP contribution is -2.53. The highest BCUT2D eigenvalue weighted by Gasteiger charge is 2.35. The summed E-state index contributed by atoms with van der Waals surface area (Å²) in [6, 6.07) is 1.91. The van der Waals surface area contributed by atoms with Gasteiger partial charge in [0.2, 0.25) is 0 Å². The van der Waals surface area contributed by atoms with Crippen LogP contribution in [-0.2, 0) is 0 Å². The predicted molar refractivity (Wildman–Crippen MR) is 92.5 cm³/mol. The fourth-order valence-electron chi connectivity index (χ4n) is 4.98. The lowest BCUT2D eigenvalue weighted by atomic mass is 9.94. The number of nitrogens with one attached hydrogen (secondary N) is 1. The van der Waals surface area contributed by atoms with E-state index in [2.05, 4.69) is 15.1 Å². The molecule has 2 heterocycles. The van der Waals surface area contributed by atoms with Gasteiger partial charge < -0.3 is 15.1 Å². The topological polar surface area (TPSA) is 35.6 Å². The first kappa shape index (κ1) is 15.7. The molecule has 4 rings (SSSR count). The highest BCUT2D eigenvalue weighted by molar-refractivity contribution is 5.75. The van der Waals surface area contributed by atoms with E-state index in [4.69, 9.17) is 0 Å². The van der Waals surface area contributed by atoms with E-state index in [9.17, 15) is 4.79 Å². The first-order valence-electron chi connectivity index (χ1n) is 10.1. The molecule has 0 aromatic carbocycles. The van der Waals surface area contributed by atoms with Gasteiger partial charge in [0.25, 0.3) is 0 Å². The SMILES string of the molecule is O=C(N[C@H]1CCN2CCC[C@@H]2C1)N(CC1CC1)C1CCCCC1. The molecule has 2 aliphatic heterocycles. The number of urea groups is 1. The van der Waals surface area contributed by atoms with Crippen LogP contribution in [0.15, 0.2) is 0 Å². The molecule has 0 unspecified atom stereocenters. The quantitative estimate of drug-likeness (QED) is 0.862. The molecule has 0 aromatic heterocycles. The first-order valence-corrected chi connectivity index (χ1v) is 10.1. The monoisotopic (exact) mass is 319 g/mol. The number of rotatable bonds is 4. The molecule has 130 valence electrons. The largest absolute Gasteiger partial charge is 0.335 e. The molecule has 2 aliphatic carbocycles. The van der Waals surface area contributed by atoms with Crippen LogP contribution >= 0.6 is 0 Å². The van der Waals surface area contributed by atoms with Crippen molar-refractivity contribution in [3.8, 4) is 0 Å². The molecule has 4 aliphatic rings. The highest BCUT2D eigenvalue weighted by Crippen LogP contribution is 2.33. The van der Waals surface area contributed by atoms with E-state index in [1.54, 1.807) is 0 Å². The zero-order valence-electron chi connectivity index (χ0n) is 14.5. The van der Waals surface area contributed by atoms with Crippen molar-refractivity contribution >= 4 is 6.03 Å². The molecule has 4 fully saturated rings. The zero-order chi connectivity index (χ0) is 15.6. The number of hydrogen-bond acceptors (Lipinski definition) is 2. The standard InChI is InChI=1S/C19H33N3O/c23-19(20-16-10-12-21-11-4-7-18(21)13-16)22(14-15-8-9-15)17-5-2-1-3-6-17/h15-18H,1-14H2,(H,20,23)/t16-,18+/m0/s1. The lowest BCUT2D eigenvalue weighted by Gasteiger charge is -2.38. The molecule has 2 saturated carbocycles. The van der Waals surface area contributed by atoms with E-state index in [-0.39, 0.29) is 6.03 Å². The van der Waals surface area contributed by atoms with Gasteiger partial charge in [0, 0.05) is 31.2 Å². The number of amides is 2. The van der Waals surface area contributed by atoms with Crippen molar-refractivity contribution in [1.29, 1.82) is 0 Å². The summed E-state index contributed by atoms with van der Waals surface area (Å²) < 4.78 is 0. The Bertz CT molecular complexity index is 417. The van der Waals surface area contributed by atoms with Crippen LogP contribution in [0.2, 0.25) is 0 Å². The molecule has 0 bridgehead atoms. The van der Waals surface area contributed by atoms with Crippen molar-refractivity contribution in [3.63, 3.8) is 0 Å². The van der Waals surface area contributed by atoms with Gasteiger partial charge in [0.15, 0.2) is 0 Å². The van der Waals surface area contributed by atoms with Crippen molar-refractivity contribution in [1.82, 2.24) is 15.1 Å². The summed E-state index contributed by atoms with van der Waals surface area (Å²) in [5.74, 6) is 0.791. The number of hydrogen-bond donors (Lipinski definition) is 1. The number of carbonyl (C=O) groups is 1. The molecule has 23 heavy (non-hydrogen) atoms. The van der Waals surface area contributed by atoms with E-state index >= 15 is 0 Å². The predicted octanol–water partition coefficient (Wildman–Crippen LogP) is 3.37. The fraction of sp³-hybridized carbons (Fsp3) is 0.947. The van der Waals surface area contributed by atoms with Gasteiger partial charge in [-0.25, -0.2) is 4.79 Å². The molecule has 2 saturated heterocycles. The second kappa shape index (κ2) is 7.00. The van der Waals surface area contributed by atoms with Crippen molar-refractivity contribution in [3.05, 3.63) is 0 Å². The van der Waals surface area contributed by atoms with Crippen LogP contribution in [-0.4, -0.2) is 53.6 Å². The van der Waals surface area contributed by atoms with Gasteiger partial charge >= 0.3 is 6.03 Å². The Kier molecular flexibility index (Phi) is 4.79. The van der Waals surface area contributed by atoms with E-state index in [1.807, 2.05) is 0 Å². The van der Waals surface area contributed by atoms with Crippen LogP contribution < -0.4 is 5.32 Å². The normalized spacial score (nSPS) is 32.5. The Hall–Kier alpha value is -0.770. The van der Waals surface area contributed by atoms with E-state index in [0.717, 1.165) is 24.9 Å². The lowest BCUT2D eigenvalue weighted by molar-refractivity contribution is 0.133. The molecule has 0 spiro atoms. The van der Waals surface area contributed by atoms with Crippen LogP contribution in [0.5, 0.6) is 0 Å². The van der Waals surface area contributed by atoms with Crippen molar-refractivity contribution in [2.24, 2.45) is 5.92 Å². The average Bonchev–Trinajstić information content (AvgIpc) is 3.28. The molecular formula is C19H33N3O. The molecule has 1 N–H and O–H groups in total. The summed E-state index contributed by atoms with van der Waals surface area (Å²) in [7, 11) is 0. The summed E-state index contributed by atoms with van der Waals surface area (Å²) in [4.78, 5) is 17.8. The number of piperidine rings is 1. The minimum absolute atomic E-state index is 0.250. The van der Waals surface area contributed by atoms with E-state index < -0.39 is 0 Å². The third-order valence-corrected chi connectivity index (χ3v) is 6.58. The van der Waals surface area contributed by atoms with Gasteiger partial charge in [-0.2, -0.15) is 0 Å². The molecule has 0 radical (unpaired) electrons. The summed E-state index contributed by atoms with van der Waals surface area (Å²) >= 11 is 0. The first-order chi connectivity index (χ1) is 11.3. The maximum Gasteiger partial charge on any atom is 0.317 e. The third kappa shape index (κ3) is 3.84. The van der Waals surface area contributed by atoms with Crippen LogP contribution in [0, 0.1) is 5.92 Å².